The Morgan fingerprint density at radius 3 is 2.77 bits per heavy atom. The van der Waals surface area contributed by atoms with E-state index in [9.17, 15) is 0 Å². The summed E-state index contributed by atoms with van der Waals surface area (Å²) in [5, 5.41) is 10.2. The quantitative estimate of drug-likeness (QED) is 0.432. The summed E-state index contributed by atoms with van der Waals surface area (Å²) in [5.74, 6) is 2.42. The number of rotatable bonds is 6. The number of ether oxygens (including phenoxy) is 1. The highest BCUT2D eigenvalue weighted by Gasteiger charge is 2.18. The fourth-order valence-corrected chi connectivity index (χ4v) is 4.10. The summed E-state index contributed by atoms with van der Waals surface area (Å²) in [6.07, 6.45) is -0.215. The number of nitrogens with zero attached hydrogens (tertiary/aromatic N) is 3. The van der Waals surface area contributed by atoms with Gasteiger partial charge < -0.3 is 9.30 Å². The minimum atomic E-state index is -0.215. The van der Waals surface area contributed by atoms with Gasteiger partial charge in [0, 0.05) is 22.3 Å². The lowest BCUT2D eigenvalue weighted by atomic mass is 10.2. The van der Waals surface area contributed by atoms with Gasteiger partial charge in [-0.15, -0.1) is 10.2 Å². The van der Waals surface area contributed by atoms with E-state index >= 15 is 0 Å². The zero-order valence-electron chi connectivity index (χ0n) is 14.7. The first-order valence-corrected chi connectivity index (χ1v) is 10.3. The molecule has 1 heterocycles. The number of hydrogen-bond acceptors (Lipinski definition) is 4. The monoisotopic (exact) mass is 451 g/mol. The Balaban J connectivity index is 1.69. The van der Waals surface area contributed by atoms with Gasteiger partial charge in [0.2, 0.25) is 0 Å². The number of aromatic nitrogens is 3. The van der Waals surface area contributed by atoms with E-state index in [1.807, 2.05) is 55.8 Å². The molecular weight excluding hydrogens is 434 g/mol. The van der Waals surface area contributed by atoms with Gasteiger partial charge in [0.15, 0.2) is 17.1 Å². The lowest BCUT2D eigenvalue weighted by Gasteiger charge is -2.16. The van der Waals surface area contributed by atoms with E-state index in [4.69, 9.17) is 16.3 Å². The van der Waals surface area contributed by atoms with Crippen LogP contribution >= 0.6 is 39.3 Å². The molecule has 0 N–H and O–H groups in total. The van der Waals surface area contributed by atoms with Gasteiger partial charge in [-0.05, 0) is 55.3 Å². The second-order valence-corrected chi connectivity index (χ2v) is 8.28. The van der Waals surface area contributed by atoms with Gasteiger partial charge in [-0.25, -0.2) is 0 Å². The Morgan fingerprint density at radius 1 is 1.23 bits per heavy atom. The van der Waals surface area contributed by atoms with Gasteiger partial charge in [-0.3, -0.25) is 0 Å². The van der Waals surface area contributed by atoms with Gasteiger partial charge in [-0.1, -0.05) is 51.4 Å². The second-order valence-electron chi connectivity index (χ2n) is 5.99. The van der Waals surface area contributed by atoms with Crippen LogP contribution in [-0.4, -0.2) is 14.8 Å². The molecule has 1 atom stereocenters. The molecule has 26 heavy (non-hydrogen) atoms. The summed E-state index contributed by atoms with van der Waals surface area (Å²) < 4.78 is 9.12. The van der Waals surface area contributed by atoms with Crippen molar-refractivity contribution in [3.8, 4) is 5.75 Å². The molecule has 0 spiro atoms. The van der Waals surface area contributed by atoms with Crippen molar-refractivity contribution in [2.24, 2.45) is 7.05 Å². The first-order valence-electron chi connectivity index (χ1n) is 8.13. The zero-order chi connectivity index (χ0) is 18.7. The van der Waals surface area contributed by atoms with Crippen molar-refractivity contribution in [3.05, 3.63) is 68.9 Å². The van der Waals surface area contributed by atoms with Crippen LogP contribution in [0.4, 0.5) is 0 Å². The Morgan fingerprint density at radius 2 is 2.04 bits per heavy atom. The predicted octanol–water partition coefficient (Wildman–Crippen LogP) is 5.97. The molecular formula is C19H19BrClN3OS. The fraction of sp³-hybridized carbons (Fsp3) is 0.263. The molecule has 0 radical (unpaired) electrons. The minimum absolute atomic E-state index is 0.215. The Kier molecular flexibility index (Phi) is 6.27. The fourth-order valence-electron chi connectivity index (χ4n) is 2.57. The summed E-state index contributed by atoms with van der Waals surface area (Å²) in [7, 11) is 1.97. The standard InChI is InChI=1S/C19H19BrClN3OS/c1-12-9-16(21)7-8-17(12)25-13(2)18-22-23-19(24(18)3)26-11-14-5-4-6-15(20)10-14/h4-10,13H,11H2,1-3H3/t13-/m0/s1. The zero-order valence-corrected chi connectivity index (χ0v) is 17.9. The van der Waals surface area contributed by atoms with E-state index < -0.39 is 0 Å². The summed E-state index contributed by atoms with van der Waals surface area (Å²) in [4.78, 5) is 0. The van der Waals surface area contributed by atoms with Crippen LogP contribution in [0.15, 0.2) is 52.1 Å². The average molecular weight is 453 g/mol. The van der Waals surface area contributed by atoms with E-state index in [1.54, 1.807) is 11.8 Å². The van der Waals surface area contributed by atoms with Crippen molar-refractivity contribution in [1.29, 1.82) is 0 Å². The van der Waals surface area contributed by atoms with Crippen LogP contribution in [0.1, 0.15) is 30.0 Å². The molecule has 7 heteroatoms. The Bertz CT molecular complexity index is 916. The summed E-state index contributed by atoms with van der Waals surface area (Å²) in [5.41, 5.74) is 2.23. The average Bonchev–Trinajstić information content (AvgIpc) is 2.96. The number of halogens is 2. The van der Waals surface area contributed by atoms with Gasteiger partial charge in [0.05, 0.1) is 0 Å². The predicted molar refractivity (Wildman–Crippen MR) is 110 cm³/mol. The SMILES string of the molecule is Cc1cc(Cl)ccc1O[C@@H](C)c1nnc(SCc2cccc(Br)c2)n1C. The molecule has 0 fully saturated rings. The third kappa shape index (κ3) is 4.61. The Hall–Kier alpha value is -1.50. The summed E-state index contributed by atoms with van der Waals surface area (Å²) in [6, 6.07) is 13.9. The third-order valence-corrected chi connectivity index (χ3v) is 5.75. The Labute approximate surface area is 171 Å². The van der Waals surface area contributed by atoms with Crippen LogP contribution in [0.3, 0.4) is 0 Å². The first kappa shape index (κ1) is 19.3. The third-order valence-electron chi connectivity index (χ3n) is 3.93. The van der Waals surface area contributed by atoms with E-state index in [0.29, 0.717) is 5.02 Å². The van der Waals surface area contributed by atoms with Crippen molar-refractivity contribution in [1.82, 2.24) is 14.8 Å². The highest BCUT2D eigenvalue weighted by Crippen LogP contribution is 2.28. The highest BCUT2D eigenvalue weighted by atomic mass is 79.9. The van der Waals surface area contributed by atoms with Crippen LogP contribution < -0.4 is 4.74 Å². The molecule has 0 aliphatic carbocycles. The number of hydrogen-bond donors (Lipinski definition) is 0. The van der Waals surface area contributed by atoms with Crippen LogP contribution in [0.5, 0.6) is 5.75 Å². The van der Waals surface area contributed by atoms with Gasteiger partial charge >= 0.3 is 0 Å². The molecule has 0 bridgehead atoms. The molecule has 2 aromatic carbocycles. The molecule has 1 aromatic heterocycles. The van der Waals surface area contributed by atoms with E-state index in [2.05, 4.69) is 38.3 Å². The molecule has 4 nitrogen and oxygen atoms in total. The normalized spacial score (nSPS) is 12.2. The van der Waals surface area contributed by atoms with Crippen LogP contribution in [-0.2, 0) is 12.8 Å². The van der Waals surface area contributed by atoms with Crippen LogP contribution in [0, 0.1) is 6.92 Å². The highest BCUT2D eigenvalue weighted by molar-refractivity contribution is 9.10. The van der Waals surface area contributed by atoms with E-state index in [-0.39, 0.29) is 6.10 Å². The van der Waals surface area contributed by atoms with Gasteiger partial charge in [0.1, 0.15) is 5.75 Å². The molecule has 0 unspecified atom stereocenters. The first-order chi connectivity index (χ1) is 12.4. The molecule has 0 amide bonds. The van der Waals surface area contributed by atoms with Crippen LogP contribution in [0.25, 0.3) is 0 Å². The molecule has 0 saturated heterocycles. The molecule has 0 saturated carbocycles. The lowest BCUT2D eigenvalue weighted by molar-refractivity contribution is 0.210. The number of aryl methyl sites for hydroxylation is 1. The van der Waals surface area contributed by atoms with Crippen molar-refractivity contribution in [2.75, 3.05) is 0 Å². The maximum atomic E-state index is 6.06. The molecule has 3 aromatic rings. The number of thioether (sulfide) groups is 1. The maximum Gasteiger partial charge on any atom is 0.191 e. The molecule has 3 rings (SSSR count). The molecule has 0 aliphatic rings. The van der Waals surface area contributed by atoms with Crippen molar-refractivity contribution in [3.63, 3.8) is 0 Å². The van der Waals surface area contributed by atoms with Gasteiger partial charge in [0.25, 0.3) is 0 Å². The molecule has 136 valence electrons. The van der Waals surface area contributed by atoms with Crippen molar-refractivity contribution < 1.29 is 4.74 Å². The van der Waals surface area contributed by atoms with E-state index in [1.165, 1.54) is 5.56 Å². The van der Waals surface area contributed by atoms with Crippen LogP contribution in [0.2, 0.25) is 5.02 Å². The van der Waals surface area contributed by atoms with E-state index in [0.717, 1.165) is 32.5 Å². The summed E-state index contributed by atoms with van der Waals surface area (Å²) >= 11 is 11.2. The number of benzene rings is 2. The van der Waals surface area contributed by atoms with Crippen molar-refractivity contribution in [2.45, 2.75) is 30.9 Å². The maximum absolute atomic E-state index is 6.06. The topological polar surface area (TPSA) is 39.9 Å². The van der Waals surface area contributed by atoms with Gasteiger partial charge in [-0.2, -0.15) is 0 Å². The summed E-state index contributed by atoms with van der Waals surface area (Å²) in [6.45, 7) is 3.95. The lowest BCUT2D eigenvalue weighted by Crippen LogP contribution is -2.10. The molecule has 0 aliphatic heterocycles. The van der Waals surface area contributed by atoms with Crippen molar-refractivity contribution >= 4 is 39.3 Å². The largest absolute Gasteiger partial charge is 0.482 e. The smallest absolute Gasteiger partial charge is 0.191 e. The minimum Gasteiger partial charge on any atom is -0.482 e. The second kappa shape index (κ2) is 8.46.